The molecule has 14 nitrogen and oxygen atoms in total. The topological polar surface area (TPSA) is 252 Å². The molecular formula is C19H35N7O7. The normalized spacial score (nSPS) is 14.2. The van der Waals surface area contributed by atoms with Crippen LogP contribution in [0.1, 0.15) is 46.0 Å². The molecule has 188 valence electrons. The van der Waals surface area contributed by atoms with E-state index in [2.05, 4.69) is 20.9 Å². The van der Waals surface area contributed by atoms with Gasteiger partial charge in [-0.2, -0.15) is 0 Å². The minimum atomic E-state index is -1.42. The molecule has 11 N–H and O–H groups in total. The van der Waals surface area contributed by atoms with Crippen LogP contribution in [-0.4, -0.2) is 77.0 Å². The lowest BCUT2D eigenvalue weighted by Gasteiger charge is -2.25. The van der Waals surface area contributed by atoms with Crippen LogP contribution in [0.4, 0.5) is 0 Å². The Morgan fingerprint density at radius 1 is 1.00 bits per heavy atom. The Labute approximate surface area is 191 Å². The van der Waals surface area contributed by atoms with Gasteiger partial charge in [0.25, 0.3) is 0 Å². The van der Waals surface area contributed by atoms with Crippen LogP contribution in [0.2, 0.25) is 0 Å². The number of carbonyl (C=O) groups is 5. The van der Waals surface area contributed by atoms with E-state index in [1.807, 2.05) is 0 Å². The van der Waals surface area contributed by atoms with Crippen molar-refractivity contribution in [2.24, 2.45) is 28.1 Å². The average molecular weight is 474 g/mol. The summed E-state index contributed by atoms with van der Waals surface area (Å²) in [6.07, 6.45) is 0.472. The van der Waals surface area contributed by atoms with Gasteiger partial charge in [-0.3, -0.25) is 24.2 Å². The van der Waals surface area contributed by atoms with E-state index in [4.69, 9.17) is 22.3 Å². The van der Waals surface area contributed by atoms with E-state index in [0.29, 0.717) is 19.4 Å². The van der Waals surface area contributed by atoms with Crippen molar-refractivity contribution in [1.29, 1.82) is 0 Å². The van der Waals surface area contributed by atoms with E-state index < -0.39 is 60.8 Å². The molecule has 4 atom stereocenters. The van der Waals surface area contributed by atoms with E-state index in [-0.39, 0.29) is 24.7 Å². The monoisotopic (exact) mass is 473 g/mol. The first kappa shape index (κ1) is 29.6. The van der Waals surface area contributed by atoms with Crippen LogP contribution in [0.5, 0.6) is 0 Å². The highest BCUT2D eigenvalue weighted by Crippen LogP contribution is 2.09. The molecule has 0 aliphatic rings. The summed E-state index contributed by atoms with van der Waals surface area (Å²) in [6.45, 7) is 3.32. The fourth-order valence-corrected chi connectivity index (χ4v) is 2.66. The number of guanidine groups is 1. The summed E-state index contributed by atoms with van der Waals surface area (Å²) in [4.78, 5) is 62.7. The molecule has 0 heterocycles. The molecule has 3 amide bonds. The molecule has 14 heteroatoms. The maximum absolute atomic E-state index is 12.6. The number of carboxylic acids is 2. The zero-order chi connectivity index (χ0) is 25.6. The second-order valence-corrected chi connectivity index (χ2v) is 7.54. The number of carbonyl (C=O) groups excluding carboxylic acids is 3. The second-order valence-electron chi connectivity index (χ2n) is 7.54. The van der Waals surface area contributed by atoms with Crippen molar-refractivity contribution in [3.8, 4) is 0 Å². The van der Waals surface area contributed by atoms with Gasteiger partial charge in [-0.15, -0.1) is 0 Å². The van der Waals surface area contributed by atoms with Crippen molar-refractivity contribution in [3.05, 3.63) is 0 Å². The Kier molecular flexibility index (Phi) is 13.8. The summed E-state index contributed by atoms with van der Waals surface area (Å²) >= 11 is 0. The molecule has 33 heavy (non-hydrogen) atoms. The second kappa shape index (κ2) is 15.4. The van der Waals surface area contributed by atoms with Crippen molar-refractivity contribution in [2.75, 3.05) is 13.1 Å². The third-order valence-corrected chi connectivity index (χ3v) is 4.80. The molecule has 0 aromatic rings. The molecule has 0 aromatic carbocycles. The predicted octanol–water partition coefficient (Wildman–Crippen LogP) is -2.55. The molecular weight excluding hydrogens is 438 g/mol. The molecule has 0 spiro atoms. The number of rotatable bonds is 16. The van der Waals surface area contributed by atoms with Crippen LogP contribution < -0.4 is 33.2 Å². The van der Waals surface area contributed by atoms with Crippen LogP contribution in [0.25, 0.3) is 0 Å². The molecule has 0 fully saturated rings. The standard InChI is InChI=1S/C19H35N7O7/c1-3-10(2)15(17(31)25-12(18(32)33)6-7-14(28)29)26-13(27)9-24-16(30)11(20)5-4-8-23-19(21)22/h10-12,15H,3-9,20H2,1-2H3,(H,24,30)(H,25,31)(H,26,27)(H,28,29)(H,32,33)(H4,21,22,23)/t10-,11-,12-,15-/m0/s1. The number of nitrogens with two attached hydrogens (primary N) is 3. The maximum Gasteiger partial charge on any atom is 0.326 e. The Bertz CT molecular complexity index is 725. The predicted molar refractivity (Wildman–Crippen MR) is 119 cm³/mol. The SMILES string of the molecule is CC[C@H](C)[C@H](NC(=O)CNC(=O)[C@@H](N)CCCN=C(N)N)C(=O)N[C@@H](CCC(=O)O)C(=O)O. The number of amides is 3. The minimum absolute atomic E-state index is 0.0684. The van der Waals surface area contributed by atoms with E-state index in [1.54, 1.807) is 13.8 Å². The van der Waals surface area contributed by atoms with Crippen molar-refractivity contribution in [3.63, 3.8) is 0 Å². The third kappa shape index (κ3) is 12.9. The molecule has 0 saturated heterocycles. The van der Waals surface area contributed by atoms with Crippen molar-refractivity contribution < 1.29 is 34.2 Å². The van der Waals surface area contributed by atoms with E-state index in [0.717, 1.165) is 0 Å². The molecule has 0 aliphatic carbocycles. The third-order valence-electron chi connectivity index (χ3n) is 4.80. The number of aliphatic imine (C=N–C) groups is 1. The van der Waals surface area contributed by atoms with Gasteiger partial charge in [-0.05, 0) is 25.2 Å². The number of nitrogens with one attached hydrogen (secondary N) is 3. The van der Waals surface area contributed by atoms with Crippen LogP contribution in [-0.2, 0) is 24.0 Å². The van der Waals surface area contributed by atoms with E-state index >= 15 is 0 Å². The van der Waals surface area contributed by atoms with Gasteiger partial charge >= 0.3 is 11.9 Å². The molecule has 0 aromatic heterocycles. The smallest absolute Gasteiger partial charge is 0.326 e. The highest BCUT2D eigenvalue weighted by atomic mass is 16.4. The Morgan fingerprint density at radius 2 is 1.64 bits per heavy atom. The average Bonchev–Trinajstić information content (AvgIpc) is 2.74. The number of hydrogen-bond donors (Lipinski definition) is 8. The Morgan fingerprint density at radius 3 is 2.15 bits per heavy atom. The zero-order valence-corrected chi connectivity index (χ0v) is 18.9. The van der Waals surface area contributed by atoms with Crippen molar-refractivity contribution in [2.45, 2.75) is 64.1 Å². The fraction of sp³-hybridized carbons (Fsp3) is 0.684. The van der Waals surface area contributed by atoms with E-state index in [9.17, 15) is 29.1 Å². The van der Waals surface area contributed by atoms with Gasteiger partial charge in [0.15, 0.2) is 5.96 Å². The highest BCUT2D eigenvalue weighted by molar-refractivity contribution is 5.92. The highest BCUT2D eigenvalue weighted by Gasteiger charge is 2.30. The molecule has 0 unspecified atom stereocenters. The molecule has 0 saturated carbocycles. The Hall–Kier alpha value is -3.42. The van der Waals surface area contributed by atoms with Crippen LogP contribution in [0.15, 0.2) is 4.99 Å². The number of hydrogen-bond acceptors (Lipinski definition) is 7. The summed E-state index contributed by atoms with van der Waals surface area (Å²) in [7, 11) is 0. The summed E-state index contributed by atoms with van der Waals surface area (Å²) in [5, 5.41) is 25.1. The lowest BCUT2D eigenvalue weighted by Crippen LogP contribution is -2.55. The van der Waals surface area contributed by atoms with E-state index in [1.165, 1.54) is 0 Å². The molecule has 0 aliphatic heterocycles. The van der Waals surface area contributed by atoms with Crippen LogP contribution >= 0.6 is 0 Å². The quantitative estimate of drug-likeness (QED) is 0.0661. The first-order chi connectivity index (χ1) is 15.4. The fourth-order valence-electron chi connectivity index (χ4n) is 2.66. The van der Waals surface area contributed by atoms with Gasteiger partial charge in [-0.1, -0.05) is 20.3 Å². The lowest BCUT2D eigenvalue weighted by atomic mass is 9.97. The molecule has 0 rings (SSSR count). The summed E-state index contributed by atoms with van der Waals surface area (Å²) in [5.74, 6) is -5.03. The zero-order valence-electron chi connectivity index (χ0n) is 18.9. The molecule has 0 radical (unpaired) electrons. The van der Waals surface area contributed by atoms with Gasteiger partial charge in [0, 0.05) is 13.0 Å². The van der Waals surface area contributed by atoms with Gasteiger partial charge in [0.05, 0.1) is 12.6 Å². The number of aliphatic carboxylic acids is 2. The summed E-state index contributed by atoms with van der Waals surface area (Å²) in [5.41, 5.74) is 16.2. The largest absolute Gasteiger partial charge is 0.481 e. The summed E-state index contributed by atoms with van der Waals surface area (Å²) < 4.78 is 0. The van der Waals surface area contributed by atoms with Gasteiger partial charge in [0.1, 0.15) is 12.1 Å². The lowest BCUT2D eigenvalue weighted by molar-refractivity contribution is -0.143. The first-order valence-electron chi connectivity index (χ1n) is 10.5. The van der Waals surface area contributed by atoms with Crippen molar-refractivity contribution >= 4 is 35.6 Å². The van der Waals surface area contributed by atoms with Gasteiger partial charge in [0.2, 0.25) is 17.7 Å². The first-order valence-corrected chi connectivity index (χ1v) is 10.5. The Balaban J connectivity index is 4.84. The van der Waals surface area contributed by atoms with Crippen LogP contribution in [0, 0.1) is 5.92 Å². The maximum atomic E-state index is 12.6. The summed E-state index contributed by atoms with van der Waals surface area (Å²) in [6, 6.07) is -3.39. The van der Waals surface area contributed by atoms with Crippen molar-refractivity contribution in [1.82, 2.24) is 16.0 Å². The number of carboxylic acid groups (broad SMARTS) is 2. The van der Waals surface area contributed by atoms with Crippen LogP contribution in [0.3, 0.4) is 0 Å². The minimum Gasteiger partial charge on any atom is -0.481 e. The molecule has 0 bridgehead atoms. The van der Waals surface area contributed by atoms with Gasteiger partial charge in [-0.25, -0.2) is 4.79 Å². The number of nitrogens with zero attached hydrogens (tertiary/aromatic N) is 1. The van der Waals surface area contributed by atoms with Gasteiger partial charge < -0.3 is 43.4 Å².